The van der Waals surface area contributed by atoms with E-state index in [0.29, 0.717) is 28.8 Å². The number of amides is 1. The number of carbonyl (C=O) groups excluding carboxylic acids is 2. The summed E-state index contributed by atoms with van der Waals surface area (Å²) in [5.74, 6) is -1.24. The van der Waals surface area contributed by atoms with Crippen LogP contribution in [0.4, 0.5) is 10.2 Å². The third kappa shape index (κ3) is 5.45. The van der Waals surface area contributed by atoms with E-state index in [1.807, 2.05) is 18.2 Å². The Morgan fingerprint density at radius 3 is 2.67 bits per heavy atom. The number of halogens is 2. The SMILES string of the molecule is Cc1cc(NC(=O)COC(=O)c2cnn(Cc3ccccc3Cl)c2)n(-c2ccc(F)cc2)n1. The number of carbonyl (C=O) groups is 2. The average Bonchev–Trinajstić information content (AvgIpc) is 3.41. The molecule has 0 fully saturated rings. The van der Waals surface area contributed by atoms with Crippen molar-refractivity contribution in [3.05, 3.63) is 94.7 Å². The Morgan fingerprint density at radius 2 is 1.91 bits per heavy atom. The first-order valence-electron chi connectivity index (χ1n) is 9.94. The summed E-state index contributed by atoms with van der Waals surface area (Å²) in [5, 5.41) is 11.7. The van der Waals surface area contributed by atoms with Crippen LogP contribution in [0, 0.1) is 12.7 Å². The van der Waals surface area contributed by atoms with Gasteiger partial charge in [0, 0.05) is 17.3 Å². The molecule has 4 rings (SSSR count). The van der Waals surface area contributed by atoms with E-state index in [-0.39, 0.29) is 11.4 Å². The van der Waals surface area contributed by atoms with Gasteiger partial charge >= 0.3 is 5.97 Å². The number of hydrogen-bond donors (Lipinski definition) is 1. The van der Waals surface area contributed by atoms with Crippen molar-refractivity contribution < 1.29 is 18.7 Å². The summed E-state index contributed by atoms with van der Waals surface area (Å²) in [5.41, 5.74) is 2.29. The van der Waals surface area contributed by atoms with Crippen LogP contribution in [-0.4, -0.2) is 38.0 Å². The number of nitrogens with zero attached hydrogens (tertiary/aromatic N) is 4. The molecule has 0 atom stereocenters. The zero-order valence-corrected chi connectivity index (χ0v) is 18.3. The Labute approximate surface area is 193 Å². The predicted octanol–water partition coefficient (Wildman–Crippen LogP) is 4.01. The highest BCUT2D eigenvalue weighted by atomic mass is 35.5. The number of anilines is 1. The van der Waals surface area contributed by atoms with E-state index in [0.717, 1.165) is 5.56 Å². The van der Waals surface area contributed by atoms with E-state index in [9.17, 15) is 14.0 Å². The quantitative estimate of drug-likeness (QED) is 0.415. The molecule has 168 valence electrons. The number of aromatic nitrogens is 4. The summed E-state index contributed by atoms with van der Waals surface area (Å²) in [6.45, 7) is 1.65. The molecule has 1 amide bonds. The van der Waals surface area contributed by atoms with Crippen molar-refractivity contribution in [2.45, 2.75) is 13.5 Å². The topological polar surface area (TPSA) is 91.0 Å². The first-order chi connectivity index (χ1) is 15.9. The normalized spacial score (nSPS) is 10.8. The zero-order chi connectivity index (χ0) is 23.4. The Morgan fingerprint density at radius 1 is 1.15 bits per heavy atom. The zero-order valence-electron chi connectivity index (χ0n) is 17.5. The minimum absolute atomic E-state index is 0.210. The molecule has 8 nitrogen and oxygen atoms in total. The van der Waals surface area contributed by atoms with Crippen LogP contribution in [0.2, 0.25) is 5.02 Å². The van der Waals surface area contributed by atoms with Crippen LogP contribution in [0.15, 0.2) is 67.0 Å². The molecule has 2 heterocycles. The van der Waals surface area contributed by atoms with Gasteiger partial charge in [0.05, 0.1) is 29.7 Å². The van der Waals surface area contributed by atoms with Crippen molar-refractivity contribution >= 4 is 29.3 Å². The van der Waals surface area contributed by atoms with E-state index in [1.165, 1.54) is 41.3 Å². The smallest absolute Gasteiger partial charge is 0.341 e. The van der Waals surface area contributed by atoms with E-state index >= 15 is 0 Å². The molecule has 0 saturated carbocycles. The lowest BCUT2D eigenvalue weighted by Gasteiger charge is -2.09. The lowest BCUT2D eigenvalue weighted by Crippen LogP contribution is -2.22. The van der Waals surface area contributed by atoms with Crippen molar-refractivity contribution in [3.63, 3.8) is 0 Å². The number of rotatable bonds is 7. The standard InChI is InChI=1S/C23H19ClFN5O3/c1-15-10-21(30(28-15)19-8-6-18(25)7-9-19)27-22(31)14-33-23(32)17-11-26-29(13-17)12-16-4-2-3-5-20(16)24/h2-11,13H,12,14H2,1H3,(H,27,31). The fourth-order valence-electron chi connectivity index (χ4n) is 3.12. The lowest BCUT2D eigenvalue weighted by atomic mass is 10.2. The average molecular weight is 468 g/mol. The largest absolute Gasteiger partial charge is 0.452 e. The molecule has 10 heteroatoms. The summed E-state index contributed by atoms with van der Waals surface area (Å²) >= 11 is 6.15. The maximum Gasteiger partial charge on any atom is 0.341 e. The second-order valence-corrected chi connectivity index (χ2v) is 7.61. The highest BCUT2D eigenvalue weighted by molar-refractivity contribution is 6.31. The Kier molecular flexibility index (Phi) is 6.50. The minimum Gasteiger partial charge on any atom is -0.452 e. The summed E-state index contributed by atoms with van der Waals surface area (Å²) < 4.78 is 21.3. The van der Waals surface area contributed by atoms with Gasteiger partial charge in [-0.1, -0.05) is 29.8 Å². The van der Waals surface area contributed by atoms with Crippen molar-refractivity contribution in [1.82, 2.24) is 19.6 Å². The molecule has 4 aromatic rings. The number of nitrogens with one attached hydrogen (secondary N) is 1. The van der Waals surface area contributed by atoms with Crippen LogP contribution in [-0.2, 0) is 16.1 Å². The van der Waals surface area contributed by atoms with Crippen LogP contribution in [0.3, 0.4) is 0 Å². The molecule has 0 aliphatic rings. The Balaban J connectivity index is 1.35. The van der Waals surface area contributed by atoms with Crippen LogP contribution >= 0.6 is 11.6 Å². The summed E-state index contributed by atoms with van der Waals surface area (Å²) in [4.78, 5) is 24.7. The summed E-state index contributed by atoms with van der Waals surface area (Å²) in [6, 6.07) is 14.7. The van der Waals surface area contributed by atoms with Gasteiger partial charge < -0.3 is 10.1 Å². The van der Waals surface area contributed by atoms with Gasteiger partial charge in [-0.05, 0) is 42.8 Å². The molecule has 0 unspecified atom stereocenters. The van der Waals surface area contributed by atoms with E-state index < -0.39 is 18.5 Å². The Hall–Kier alpha value is -3.98. The predicted molar refractivity (Wildman–Crippen MR) is 120 cm³/mol. The molecule has 0 aliphatic carbocycles. The minimum atomic E-state index is -0.682. The highest BCUT2D eigenvalue weighted by Crippen LogP contribution is 2.18. The molecule has 0 saturated heterocycles. The number of esters is 1. The number of ether oxygens (including phenoxy) is 1. The summed E-state index contributed by atoms with van der Waals surface area (Å²) in [6.07, 6.45) is 2.89. The number of aryl methyl sites for hydroxylation is 1. The first-order valence-corrected chi connectivity index (χ1v) is 10.3. The van der Waals surface area contributed by atoms with Gasteiger partial charge in [-0.2, -0.15) is 10.2 Å². The molecule has 0 aliphatic heterocycles. The highest BCUT2D eigenvalue weighted by Gasteiger charge is 2.15. The van der Waals surface area contributed by atoms with E-state index in [2.05, 4.69) is 15.5 Å². The maximum absolute atomic E-state index is 13.2. The van der Waals surface area contributed by atoms with E-state index in [4.69, 9.17) is 16.3 Å². The van der Waals surface area contributed by atoms with Crippen LogP contribution in [0.25, 0.3) is 5.69 Å². The first kappa shape index (κ1) is 22.2. The van der Waals surface area contributed by atoms with Gasteiger partial charge in [0.1, 0.15) is 11.6 Å². The molecular weight excluding hydrogens is 449 g/mol. The fourth-order valence-corrected chi connectivity index (χ4v) is 3.31. The van der Waals surface area contributed by atoms with Gasteiger partial charge in [0.2, 0.25) is 0 Å². The molecule has 0 spiro atoms. The maximum atomic E-state index is 13.2. The second kappa shape index (κ2) is 9.66. The Bertz CT molecular complexity index is 1300. The molecule has 33 heavy (non-hydrogen) atoms. The molecule has 2 aromatic heterocycles. The molecule has 0 radical (unpaired) electrons. The van der Waals surface area contributed by atoms with Gasteiger partial charge in [0.25, 0.3) is 5.91 Å². The molecule has 2 aromatic carbocycles. The monoisotopic (exact) mass is 467 g/mol. The summed E-state index contributed by atoms with van der Waals surface area (Å²) in [7, 11) is 0. The van der Waals surface area contributed by atoms with Gasteiger partial charge in [0.15, 0.2) is 6.61 Å². The molecular formula is C23H19ClFN5O3. The van der Waals surface area contributed by atoms with Gasteiger partial charge in [-0.15, -0.1) is 0 Å². The van der Waals surface area contributed by atoms with Crippen LogP contribution < -0.4 is 5.32 Å². The second-order valence-electron chi connectivity index (χ2n) is 7.20. The van der Waals surface area contributed by atoms with Gasteiger partial charge in [-0.25, -0.2) is 13.9 Å². The number of benzene rings is 2. The molecule has 1 N–H and O–H groups in total. The van der Waals surface area contributed by atoms with E-state index in [1.54, 1.807) is 23.7 Å². The van der Waals surface area contributed by atoms with Crippen LogP contribution in [0.5, 0.6) is 0 Å². The molecule has 0 bridgehead atoms. The van der Waals surface area contributed by atoms with Gasteiger partial charge in [-0.3, -0.25) is 9.48 Å². The van der Waals surface area contributed by atoms with Crippen molar-refractivity contribution in [2.24, 2.45) is 0 Å². The van der Waals surface area contributed by atoms with Crippen LogP contribution in [0.1, 0.15) is 21.6 Å². The van der Waals surface area contributed by atoms with Crippen molar-refractivity contribution in [1.29, 1.82) is 0 Å². The number of hydrogen-bond acceptors (Lipinski definition) is 5. The third-order valence-corrected chi connectivity index (χ3v) is 5.03. The lowest BCUT2D eigenvalue weighted by molar-refractivity contribution is -0.119. The fraction of sp³-hybridized carbons (Fsp3) is 0.130. The third-order valence-electron chi connectivity index (χ3n) is 4.66. The van der Waals surface area contributed by atoms with Crippen molar-refractivity contribution in [2.75, 3.05) is 11.9 Å². The van der Waals surface area contributed by atoms with Crippen molar-refractivity contribution in [3.8, 4) is 5.69 Å².